The number of nitrogens with one attached hydrogen (secondary N) is 1. The number of nitrogens with zero attached hydrogens (tertiary/aromatic N) is 3. The minimum atomic E-state index is -0.316. The van der Waals surface area contributed by atoms with Crippen LogP contribution in [0.15, 0.2) is 52.7 Å². The number of rotatable bonds is 3. The third-order valence-corrected chi connectivity index (χ3v) is 6.25. The first-order chi connectivity index (χ1) is 15.0. The van der Waals surface area contributed by atoms with Gasteiger partial charge in [0.2, 0.25) is 0 Å². The van der Waals surface area contributed by atoms with Gasteiger partial charge in [0.05, 0.1) is 12.9 Å². The molecule has 168 valence electrons. The van der Waals surface area contributed by atoms with E-state index < -0.39 is 0 Å². The van der Waals surface area contributed by atoms with Gasteiger partial charge < -0.3 is 10.2 Å². The molecule has 3 rings (SSSR count). The van der Waals surface area contributed by atoms with Crippen molar-refractivity contribution in [3.05, 3.63) is 59.1 Å². The molecule has 0 aliphatic carbocycles. The van der Waals surface area contributed by atoms with Crippen molar-refractivity contribution >= 4 is 12.2 Å². The van der Waals surface area contributed by atoms with Gasteiger partial charge in [0.1, 0.15) is 5.82 Å². The van der Waals surface area contributed by atoms with Crippen molar-refractivity contribution in [3.8, 4) is 0 Å². The summed E-state index contributed by atoms with van der Waals surface area (Å²) in [5, 5.41) is 3.15. The lowest BCUT2D eigenvalue weighted by molar-refractivity contribution is 0.0533. The maximum absolute atomic E-state index is 13.2. The number of likely N-dealkylation sites (tertiary alicyclic amines) is 1. The Bertz CT molecular complexity index is 822. The summed E-state index contributed by atoms with van der Waals surface area (Å²) in [5.41, 5.74) is 3.14. The van der Waals surface area contributed by atoms with Crippen LogP contribution >= 0.6 is 0 Å². The van der Waals surface area contributed by atoms with Gasteiger partial charge in [0.25, 0.3) is 5.91 Å². The first kappa shape index (κ1) is 23.2. The van der Waals surface area contributed by atoms with Crippen LogP contribution in [0.5, 0.6) is 0 Å². The van der Waals surface area contributed by atoms with Crippen LogP contribution in [0.2, 0.25) is 0 Å². The molecule has 0 radical (unpaired) electrons. The second-order valence-corrected chi connectivity index (χ2v) is 8.62. The summed E-state index contributed by atoms with van der Waals surface area (Å²) in [7, 11) is 0. The second-order valence-electron chi connectivity index (χ2n) is 8.62. The zero-order chi connectivity index (χ0) is 22.2. The molecule has 1 aromatic carbocycles. The van der Waals surface area contributed by atoms with Crippen molar-refractivity contribution < 1.29 is 9.18 Å². The summed E-state index contributed by atoms with van der Waals surface area (Å²) < 4.78 is 13.2. The second kappa shape index (κ2) is 11.2. The summed E-state index contributed by atoms with van der Waals surface area (Å²) in [5.74, 6) is -0.319. The average Bonchev–Trinajstić information content (AvgIpc) is 2.77. The van der Waals surface area contributed by atoms with E-state index in [0.29, 0.717) is 17.6 Å². The number of hydrogen-bond donors (Lipinski definition) is 1. The molecule has 0 spiro atoms. The number of aliphatic imine (C=N–C) groups is 1. The van der Waals surface area contributed by atoms with Gasteiger partial charge in [-0.3, -0.25) is 14.7 Å². The Balaban J connectivity index is 1.68. The molecule has 6 heteroatoms. The molecular formula is C25H35FN4O. The van der Waals surface area contributed by atoms with Gasteiger partial charge in [-0.1, -0.05) is 18.6 Å². The van der Waals surface area contributed by atoms with Crippen LogP contribution in [-0.4, -0.2) is 60.3 Å². The summed E-state index contributed by atoms with van der Waals surface area (Å²) in [6.07, 6.45) is 10.0. The van der Waals surface area contributed by atoms with E-state index in [0.717, 1.165) is 51.9 Å². The fourth-order valence-corrected chi connectivity index (χ4v) is 4.66. The largest absolute Gasteiger partial charge is 0.353 e. The quantitative estimate of drug-likeness (QED) is 0.780. The lowest BCUT2D eigenvalue weighted by Gasteiger charge is -2.42. The third-order valence-electron chi connectivity index (χ3n) is 6.25. The minimum Gasteiger partial charge on any atom is -0.353 e. The highest BCUT2D eigenvalue weighted by atomic mass is 19.1. The molecular weight excluding hydrogens is 391 g/mol. The fourth-order valence-electron chi connectivity index (χ4n) is 4.66. The SMILES string of the molecule is CCC1C/C(C)=C\C(C)=C/NC=NCCN1C1CCN(C(=O)c2ccc(F)cc2)CC1. The van der Waals surface area contributed by atoms with E-state index >= 15 is 0 Å². The first-order valence-corrected chi connectivity index (χ1v) is 11.4. The molecule has 1 amide bonds. The number of carbonyl (C=O) groups is 1. The van der Waals surface area contributed by atoms with Crippen LogP contribution < -0.4 is 5.32 Å². The number of amides is 1. The van der Waals surface area contributed by atoms with Gasteiger partial charge in [0, 0.05) is 43.5 Å². The zero-order valence-electron chi connectivity index (χ0n) is 19.0. The molecule has 1 unspecified atom stereocenters. The lowest BCUT2D eigenvalue weighted by Crippen LogP contribution is -2.51. The Hall–Kier alpha value is -2.47. The monoisotopic (exact) mass is 426 g/mol. The standard InChI is InChI=1S/C25H35FN4O/c1-4-23-16-19(2)15-20(3)17-28-18-27-11-14-30(23)24-9-12-29(13-10-24)25(31)21-5-7-22(26)8-6-21/h5-8,15,17-18,23-24H,4,9-14,16H2,1-3H3,(H,27,28)/b19-15-,20-17-. The van der Waals surface area contributed by atoms with Crippen molar-refractivity contribution in [1.82, 2.24) is 15.1 Å². The molecule has 0 saturated carbocycles. The number of benzene rings is 1. The van der Waals surface area contributed by atoms with Gasteiger partial charge in [-0.15, -0.1) is 0 Å². The number of halogens is 1. The molecule has 1 N–H and O–H groups in total. The first-order valence-electron chi connectivity index (χ1n) is 11.4. The normalized spacial score (nSPS) is 25.4. The topological polar surface area (TPSA) is 47.9 Å². The third kappa shape index (κ3) is 6.50. The van der Waals surface area contributed by atoms with Crippen LogP contribution in [-0.2, 0) is 0 Å². The average molecular weight is 427 g/mol. The molecule has 1 fully saturated rings. The Morgan fingerprint density at radius 1 is 1.16 bits per heavy atom. The summed E-state index contributed by atoms with van der Waals surface area (Å²) in [6, 6.07) is 6.76. The zero-order valence-corrected chi connectivity index (χ0v) is 19.0. The highest BCUT2D eigenvalue weighted by molar-refractivity contribution is 5.94. The van der Waals surface area contributed by atoms with Gasteiger partial charge in [-0.05, 0) is 69.4 Å². The molecule has 1 saturated heterocycles. The molecule has 2 heterocycles. The van der Waals surface area contributed by atoms with Crippen LogP contribution in [0.4, 0.5) is 4.39 Å². The highest BCUT2D eigenvalue weighted by Gasteiger charge is 2.30. The lowest BCUT2D eigenvalue weighted by atomic mass is 9.95. The predicted octanol–water partition coefficient (Wildman–Crippen LogP) is 4.38. The smallest absolute Gasteiger partial charge is 0.253 e. The number of hydrogen-bond acceptors (Lipinski definition) is 4. The van der Waals surface area contributed by atoms with Gasteiger partial charge in [-0.25, -0.2) is 4.39 Å². The summed E-state index contributed by atoms with van der Waals surface area (Å²) >= 11 is 0. The maximum atomic E-state index is 13.2. The van der Waals surface area contributed by atoms with Gasteiger partial charge >= 0.3 is 0 Å². The summed E-state index contributed by atoms with van der Waals surface area (Å²) in [6.45, 7) is 9.71. The van der Waals surface area contributed by atoms with E-state index in [2.05, 4.69) is 42.1 Å². The van der Waals surface area contributed by atoms with E-state index in [9.17, 15) is 9.18 Å². The van der Waals surface area contributed by atoms with E-state index in [1.54, 1.807) is 18.5 Å². The molecule has 0 aromatic heterocycles. The van der Waals surface area contributed by atoms with Crippen molar-refractivity contribution in [1.29, 1.82) is 0 Å². The van der Waals surface area contributed by atoms with E-state index in [1.807, 2.05) is 11.1 Å². The number of carbonyl (C=O) groups excluding carboxylic acids is 1. The molecule has 1 atom stereocenters. The minimum absolute atomic E-state index is 0.00380. The van der Waals surface area contributed by atoms with Crippen molar-refractivity contribution in [2.24, 2.45) is 4.99 Å². The van der Waals surface area contributed by atoms with Crippen molar-refractivity contribution in [2.75, 3.05) is 26.2 Å². The van der Waals surface area contributed by atoms with Crippen LogP contribution in [0.25, 0.3) is 0 Å². The maximum Gasteiger partial charge on any atom is 0.253 e. The predicted molar refractivity (Wildman–Crippen MR) is 125 cm³/mol. The van der Waals surface area contributed by atoms with Gasteiger partial charge in [0.15, 0.2) is 0 Å². The van der Waals surface area contributed by atoms with E-state index in [4.69, 9.17) is 0 Å². The number of allylic oxidation sites excluding steroid dienone is 2. The molecule has 2 aliphatic rings. The van der Waals surface area contributed by atoms with E-state index in [-0.39, 0.29) is 11.7 Å². The molecule has 0 bridgehead atoms. The number of piperidine rings is 1. The van der Waals surface area contributed by atoms with E-state index in [1.165, 1.54) is 23.3 Å². The highest BCUT2D eigenvalue weighted by Crippen LogP contribution is 2.25. The van der Waals surface area contributed by atoms with Crippen LogP contribution in [0, 0.1) is 5.82 Å². The van der Waals surface area contributed by atoms with Crippen LogP contribution in [0.3, 0.4) is 0 Å². The molecule has 31 heavy (non-hydrogen) atoms. The Morgan fingerprint density at radius 3 is 2.55 bits per heavy atom. The molecule has 5 nitrogen and oxygen atoms in total. The Kier molecular flexibility index (Phi) is 8.41. The summed E-state index contributed by atoms with van der Waals surface area (Å²) in [4.78, 5) is 21.8. The molecule has 1 aromatic rings. The van der Waals surface area contributed by atoms with Crippen molar-refractivity contribution in [3.63, 3.8) is 0 Å². The van der Waals surface area contributed by atoms with Gasteiger partial charge in [-0.2, -0.15) is 0 Å². The Labute approximate surface area is 185 Å². The Morgan fingerprint density at radius 2 is 1.87 bits per heavy atom. The molecule has 2 aliphatic heterocycles. The van der Waals surface area contributed by atoms with Crippen LogP contribution in [0.1, 0.15) is 56.8 Å². The fraction of sp³-hybridized carbons (Fsp3) is 0.520. The van der Waals surface area contributed by atoms with Crippen molar-refractivity contribution in [2.45, 2.75) is 58.5 Å².